The van der Waals surface area contributed by atoms with E-state index in [2.05, 4.69) is 4.98 Å². The summed E-state index contributed by atoms with van der Waals surface area (Å²) in [4.78, 5) is 18.4. The third-order valence-electron chi connectivity index (χ3n) is 3.34. The van der Waals surface area contributed by atoms with Crippen LogP contribution in [0.1, 0.15) is 16.8 Å². The van der Waals surface area contributed by atoms with Gasteiger partial charge >= 0.3 is 0 Å². The van der Waals surface area contributed by atoms with Crippen molar-refractivity contribution in [1.82, 2.24) is 9.88 Å². The molecule has 1 amide bonds. The Morgan fingerprint density at radius 2 is 2.05 bits per heavy atom. The third kappa shape index (κ3) is 2.47. The van der Waals surface area contributed by atoms with E-state index in [1.165, 1.54) is 0 Å². The van der Waals surface area contributed by atoms with Crippen LogP contribution in [-0.2, 0) is 24.3 Å². The zero-order valence-corrected chi connectivity index (χ0v) is 11.1. The Kier molecular flexibility index (Phi) is 3.22. The third-order valence-corrected chi connectivity index (χ3v) is 3.71. The molecule has 1 aliphatic rings. The topological polar surface area (TPSA) is 33.2 Å². The van der Waals surface area contributed by atoms with Gasteiger partial charge in [-0.25, -0.2) is 0 Å². The molecule has 0 spiro atoms. The van der Waals surface area contributed by atoms with Crippen molar-refractivity contribution in [3.8, 4) is 0 Å². The monoisotopic (exact) mass is 272 g/mol. The van der Waals surface area contributed by atoms with Crippen LogP contribution in [0, 0.1) is 0 Å². The van der Waals surface area contributed by atoms with Gasteiger partial charge in [0.05, 0.1) is 18.7 Å². The van der Waals surface area contributed by atoms with Crippen LogP contribution in [0.5, 0.6) is 0 Å². The lowest BCUT2D eigenvalue weighted by atomic mass is 10.1. The summed E-state index contributed by atoms with van der Waals surface area (Å²) >= 11 is 6.08. The summed E-state index contributed by atoms with van der Waals surface area (Å²) in [5, 5.41) is 0.644. The van der Waals surface area contributed by atoms with Gasteiger partial charge in [0.1, 0.15) is 0 Å². The molecule has 0 unspecified atom stereocenters. The van der Waals surface area contributed by atoms with Gasteiger partial charge in [-0.2, -0.15) is 0 Å². The molecule has 96 valence electrons. The van der Waals surface area contributed by atoms with Gasteiger partial charge in [-0.15, -0.1) is 0 Å². The summed E-state index contributed by atoms with van der Waals surface area (Å²) in [6.45, 7) is 1.24. The number of hydrogen-bond acceptors (Lipinski definition) is 2. The van der Waals surface area contributed by atoms with Crippen LogP contribution in [0.2, 0.25) is 5.02 Å². The number of hydrogen-bond donors (Lipinski definition) is 0. The number of carbonyl (C=O) groups excluding carboxylic acids is 1. The highest BCUT2D eigenvalue weighted by atomic mass is 35.5. The molecule has 0 N–H and O–H groups in total. The van der Waals surface area contributed by atoms with Crippen molar-refractivity contribution in [3.63, 3.8) is 0 Å². The molecule has 2 heterocycles. The Balaban J connectivity index is 1.72. The Labute approximate surface area is 116 Å². The number of fused-ring (bicyclic) bond motifs is 1. The summed E-state index contributed by atoms with van der Waals surface area (Å²) in [7, 11) is 0. The average Bonchev–Trinajstić information content (AvgIpc) is 2.85. The fourth-order valence-corrected chi connectivity index (χ4v) is 2.50. The minimum absolute atomic E-state index is 0.0890. The molecule has 0 atom stereocenters. The molecule has 0 bridgehead atoms. The number of carbonyl (C=O) groups is 1. The Bertz CT molecular complexity index is 602. The molecule has 1 aromatic carbocycles. The van der Waals surface area contributed by atoms with Crippen molar-refractivity contribution >= 4 is 17.5 Å². The van der Waals surface area contributed by atoms with Crippen molar-refractivity contribution in [3.05, 3.63) is 64.4 Å². The summed E-state index contributed by atoms with van der Waals surface area (Å²) in [6, 6.07) is 11.4. The zero-order valence-electron chi connectivity index (χ0n) is 10.3. The van der Waals surface area contributed by atoms with Crippen LogP contribution in [0.4, 0.5) is 0 Å². The molecule has 3 rings (SSSR count). The molecule has 0 radical (unpaired) electrons. The van der Waals surface area contributed by atoms with Gasteiger partial charge in [0.15, 0.2) is 0 Å². The molecule has 4 heteroatoms. The second-order valence-corrected chi connectivity index (χ2v) is 5.03. The van der Waals surface area contributed by atoms with Crippen molar-refractivity contribution in [2.75, 3.05) is 0 Å². The number of halogens is 1. The Hall–Kier alpha value is -1.87. The van der Waals surface area contributed by atoms with Crippen molar-refractivity contribution < 1.29 is 4.79 Å². The number of benzene rings is 1. The van der Waals surface area contributed by atoms with Crippen LogP contribution in [0.15, 0.2) is 42.6 Å². The molecule has 1 aliphatic heterocycles. The van der Waals surface area contributed by atoms with Gasteiger partial charge in [0.2, 0.25) is 5.91 Å². The predicted molar refractivity (Wildman–Crippen MR) is 73.6 cm³/mol. The first-order valence-electron chi connectivity index (χ1n) is 6.18. The summed E-state index contributed by atoms with van der Waals surface area (Å²) in [5.74, 6) is 0.0890. The average molecular weight is 273 g/mol. The fraction of sp³-hybridized carbons (Fsp3) is 0.200. The van der Waals surface area contributed by atoms with E-state index >= 15 is 0 Å². The maximum absolute atomic E-state index is 12.3. The molecular weight excluding hydrogens is 260 g/mol. The lowest BCUT2D eigenvalue weighted by molar-refractivity contribution is -0.131. The number of rotatable bonds is 2. The van der Waals surface area contributed by atoms with E-state index < -0.39 is 0 Å². The summed E-state index contributed by atoms with van der Waals surface area (Å²) in [6.07, 6.45) is 2.11. The maximum atomic E-state index is 12.3. The van der Waals surface area contributed by atoms with Gasteiger partial charge in [0.25, 0.3) is 0 Å². The van der Waals surface area contributed by atoms with E-state index in [-0.39, 0.29) is 5.91 Å². The lowest BCUT2D eigenvalue weighted by Gasteiger charge is -2.15. The molecule has 0 aliphatic carbocycles. The van der Waals surface area contributed by atoms with E-state index in [1.807, 2.05) is 41.3 Å². The van der Waals surface area contributed by atoms with E-state index in [0.717, 1.165) is 16.8 Å². The van der Waals surface area contributed by atoms with Gasteiger partial charge in [0, 0.05) is 17.8 Å². The standard InChI is InChI=1S/C15H13ClN2O/c16-13-6-2-1-4-11(13)8-15(19)18-9-12-5-3-7-17-14(12)10-18/h1-7H,8-10H2. The molecule has 0 saturated heterocycles. The number of amides is 1. The molecule has 1 aromatic heterocycles. The van der Waals surface area contributed by atoms with Crippen LogP contribution in [-0.4, -0.2) is 15.8 Å². The van der Waals surface area contributed by atoms with Crippen LogP contribution < -0.4 is 0 Å². The minimum atomic E-state index is 0.0890. The fourth-order valence-electron chi connectivity index (χ4n) is 2.29. The van der Waals surface area contributed by atoms with Gasteiger partial charge in [-0.05, 0) is 23.3 Å². The molecular formula is C15H13ClN2O. The molecule has 19 heavy (non-hydrogen) atoms. The first-order valence-corrected chi connectivity index (χ1v) is 6.56. The SMILES string of the molecule is O=C(Cc1ccccc1Cl)N1Cc2cccnc2C1. The zero-order chi connectivity index (χ0) is 13.2. The molecule has 0 saturated carbocycles. The van der Waals surface area contributed by atoms with E-state index in [1.54, 1.807) is 6.20 Å². The Morgan fingerprint density at radius 1 is 1.21 bits per heavy atom. The number of aromatic nitrogens is 1. The van der Waals surface area contributed by atoms with Crippen LogP contribution in [0.3, 0.4) is 0 Å². The molecule has 3 nitrogen and oxygen atoms in total. The van der Waals surface area contributed by atoms with E-state index in [4.69, 9.17) is 11.6 Å². The highest BCUT2D eigenvalue weighted by Gasteiger charge is 2.24. The normalized spacial score (nSPS) is 13.4. The maximum Gasteiger partial charge on any atom is 0.227 e. The lowest BCUT2D eigenvalue weighted by Crippen LogP contribution is -2.27. The highest BCUT2D eigenvalue weighted by Crippen LogP contribution is 2.22. The first-order chi connectivity index (χ1) is 9.24. The van der Waals surface area contributed by atoms with Crippen LogP contribution in [0.25, 0.3) is 0 Å². The highest BCUT2D eigenvalue weighted by molar-refractivity contribution is 6.31. The largest absolute Gasteiger partial charge is 0.332 e. The van der Waals surface area contributed by atoms with E-state index in [0.29, 0.717) is 24.5 Å². The van der Waals surface area contributed by atoms with Gasteiger partial charge in [-0.3, -0.25) is 9.78 Å². The first kappa shape index (κ1) is 12.2. The molecule has 0 fully saturated rings. The number of pyridine rings is 1. The second-order valence-electron chi connectivity index (χ2n) is 4.63. The smallest absolute Gasteiger partial charge is 0.227 e. The van der Waals surface area contributed by atoms with E-state index in [9.17, 15) is 4.79 Å². The van der Waals surface area contributed by atoms with Crippen molar-refractivity contribution in [2.45, 2.75) is 19.5 Å². The van der Waals surface area contributed by atoms with Crippen LogP contribution >= 0.6 is 11.6 Å². The summed E-state index contributed by atoms with van der Waals surface area (Å²) < 4.78 is 0. The Morgan fingerprint density at radius 3 is 2.84 bits per heavy atom. The van der Waals surface area contributed by atoms with Crippen molar-refractivity contribution in [1.29, 1.82) is 0 Å². The second kappa shape index (κ2) is 5.02. The quantitative estimate of drug-likeness (QED) is 0.842. The van der Waals surface area contributed by atoms with Gasteiger partial charge < -0.3 is 4.90 Å². The minimum Gasteiger partial charge on any atom is -0.332 e. The summed E-state index contributed by atoms with van der Waals surface area (Å²) in [5.41, 5.74) is 3.00. The van der Waals surface area contributed by atoms with Gasteiger partial charge in [-0.1, -0.05) is 35.9 Å². The predicted octanol–water partition coefficient (Wildman–Crippen LogP) is 2.82. The number of nitrogens with zero attached hydrogens (tertiary/aromatic N) is 2. The van der Waals surface area contributed by atoms with Crippen molar-refractivity contribution in [2.24, 2.45) is 0 Å². The molecule has 2 aromatic rings.